The molecule has 0 aliphatic heterocycles. The first-order chi connectivity index (χ1) is 16.1. The van der Waals surface area contributed by atoms with Crippen molar-refractivity contribution in [1.29, 1.82) is 0 Å². The Morgan fingerprint density at radius 1 is 0.848 bits per heavy atom. The average Bonchev–Trinajstić information content (AvgIpc) is 2.84. The van der Waals surface area contributed by atoms with Gasteiger partial charge in [0, 0.05) is 25.3 Å². The van der Waals surface area contributed by atoms with Crippen LogP contribution in [0, 0.1) is 6.92 Å². The summed E-state index contributed by atoms with van der Waals surface area (Å²) < 4.78 is 0. The van der Waals surface area contributed by atoms with Gasteiger partial charge in [-0.1, -0.05) is 90.5 Å². The Morgan fingerprint density at radius 3 is 2.06 bits per heavy atom. The van der Waals surface area contributed by atoms with E-state index in [-0.39, 0.29) is 11.8 Å². The molecule has 4 nitrogen and oxygen atoms in total. The number of nitrogens with zero attached hydrogens (tertiary/aromatic N) is 1. The number of hydrogen-bond acceptors (Lipinski definition) is 3. The SMILES string of the molecule is CCNC(=O)C(Cc1ccccc1)N(Cc1ccccc1)C(=O)CSCc1ccc(C)cc1. The predicted molar refractivity (Wildman–Crippen MR) is 137 cm³/mol. The molecule has 3 aromatic carbocycles. The number of rotatable bonds is 11. The minimum absolute atomic E-state index is 0.0249. The highest BCUT2D eigenvalue weighted by Crippen LogP contribution is 2.18. The maximum atomic E-state index is 13.5. The maximum Gasteiger partial charge on any atom is 0.243 e. The molecule has 0 aliphatic rings. The summed E-state index contributed by atoms with van der Waals surface area (Å²) in [5, 5.41) is 2.93. The molecule has 0 spiro atoms. The summed E-state index contributed by atoms with van der Waals surface area (Å²) in [6.45, 7) is 4.90. The van der Waals surface area contributed by atoms with E-state index in [1.54, 1.807) is 16.7 Å². The smallest absolute Gasteiger partial charge is 0.243 e. The van der Waals surface area contributed by atoms with Crippen LogP contribution in [0.5, 0.6) is 0 Å². The van der Waals surface area contributed by atoms with Gasteiger partial charge in [-0.3, -0.25) is 9.59 Å². The third-order valence-electron chi connectivity index (χ3n) is 5.43. The summed E-state index contributed by atoms with van der Waals surface area (Å²) in [5.41, 5.74) is 4.46. The molecule has 172 valence electrons. The Kier molecular flexibility index (Phi) is 9.58. The fraction of sp³-hybridized carbons (Fsp3) is 0.286. The molecule has 0 fully saturated rings. The zero-order chi connectivity index (χ0) is 23.5. The van der Waals surface area contributed by atoms with Crippen molar-refractivity contribution in [2.24, 2.45) is 0 Å². The van der Waals surface area contributed by atoms with Crippen molar-refractivity contribution in [2.45, 2.75) is 38.6 Å². The monoisotopic (exact) mass is 460 g/mol. The van der Waals surface area contributed by atoms with Crippen LogP contribution in [0.1, 0.15) is 29.2 Å². The van der Waals surface area contributed by atoms with Gasteiger partial charge in [-0.2, -0.15) is 0 Å². The van der Waals surface area contributed by atoms with Crippen LogP contribution in [0.25, 0.3) is 0 Å². The van der Waals surface area contributed by atoms with E-state index in [1.165, 1.54) is 11.1 Å². The molecular weight excluding hydrogens is 428 g/mol. The Morgan fingerprint density at radius 2 is 1.45 bits per heavy atom. The van der Waals surface area contributed by atoms with Crippen LogP contribution in [0.2, 0.25) is 0 Å². The molecule has 0 saturated carbocycles. The van der Waals surface area contributed by atoms with Crippen molar-refractivity contribution >= 4 is 23.6 Å². The normalized spacial score (nSPS) is 11.6. The van der Waals surface area contributed by atoms with Gasteiger partial charge in [0.15, 0.2) is 0 Å². The highest BCUT2D eigenvalue weighted by molar-refractivity contribution is 7.99. The number of hydrogen-bond donors (Lipinski definition) is 1. The van der Waals surface area contributed by atoms with Crippen LogP contribution < -0.4 is 5.32 Å². The quantitative estimate of drug-likeness (QED) is 0.438. The number of nitrogens with one attached hydrogen (secondary N) is 1. The molecule has 0 heterocycles. The van der Waals surface area contributed by atoms with Gasteiger partial charge in [0.1, 0.15) is 6.04 Å². The van der Waals surface area contributed by atoms with Crippen molar-refractivity contribution in [1.82, 2.24) is 10.2 Å². The highest BCUT2D eigenvalue weighted by Gasteiger charge is 2.29. The third kappa shape index (κ3) is 7.79. The van der Waals surface area contributed by atoms with Crippen molar-refractivity contribution in [2.75, 3.05) is 12.3 Å². The van der Waals surface area contributed by atoms with Crippen molar-refractivity contribution in [3.05, 3.63) is 107 Å². The Bertz CT molecular complexity index is 1010. The molecule has 1 N–H and O–H groups in total. The van der Waals surface area contributed by atoms with Crippen LogP contribution in [-0.2, 0) is 28.3 Å². The van der Waals surface area contributed by atoms with Gasteiger partial charge in [-0.05, 0) is 30.5 Å². The lowest BCUT2D eigenvalue weighted by Crippen LogP contribution is -2.51. The molecule has 1 atom stereocenters. The second-order valence-corrected chi connectivity index (χ2v) is 9.07. The minimum Gasteiger partial charge on any atom is -0.355 e. The summed E-state index contributed by atoms with van der Waals surface area (Å²) in [7, 11) is 0. The van der Waals surface area contributed by atoms with Gasteiger partial charge in [0.2, 0.25) is 11.8 Å². The molecule has 5 heteroatoms. The molecular formula is C28H32N2O2S. The second kappa shape index (κ2) is 12.9. The number of benzene rings is 3. The molecule has 1 unspecified atom stereocenters. The predicted octanol–water partition coefficient (Wildman–Crippen LogP) is 5.00. The number of carbonyl (C=O) groups excluding carboxylic acids is 2. The summed E-state index contributed by atoms with van der Waals surface area (Å²) in [6.07, 6.45) is 0.480. The summed E-state index contributed by atoms with van der Waals surface area (Å²) in [4.78, 5) is 28.3. The van der Waals surface area contributed by atoms with Gasteiger partial charge in [0.25, 0.3) is 0 Å². The van der Waals surface area contributed by atoms with E-state index >= 15 is 0 Å². The average molecular weight is 461 g/mol. The first-order valence-electron chi connectivity index (χ1n) is 11.3. The first kappa shape index (κ1) is 24.6. The fourth-order valence-electron chi connectivity index (χ4n) is 3.65. The van der Waals surface area contributed by atoms with Crippen LogP contribution >= 0.6 is 11.8 Å². The van der Waals surface area contributed by atoms with Gasteiger partial charge in [-0.15, -0.1) is 11.8 Å². The lowest BCUT2D eigenvalue weighted by Gasteiger charge is -2.31. The number of likely N-dealkylation sites (N-methyl/N-ethyl adjacent to an activating group) is 1. The van der Waals surface area contributed by atoms with E-state index in [0.29, 0.717) is 25.3 Å². The lowest BCUT2D eigenvalue weighted by molar-refractivity contribution is -0.139. The molecule has 0 radical (unpaired) electrons. The minimum atomic E-state index is -0.569. The van der Waals surface area contributed by atoms with Gasteiger partial charge >= 0.3 is 0 Å². The number of amides is 2. The first-order valence-corrected chi connectivity index (χ1v) is 12.5. The second-order valence-electron chi connectivity index (χ2n) is 8.09. The Hall–Kier alpha value is -3.05. The van der Waals surface area contributed by atoms with Crippen LogP contribution in [0.4, 0.5) is 0 Å². The Balaban J connectivity index is 1.79. The van der Waals surface area contributed by atoms with Crippen LogP contribution in [-0.4, -0.2) is 35.1 Å². The zero-order valence-corrected chi connectivity index (χ0v) is 20.2. The van der Waals surface area contributed by atoms with Crippen molar-refractivity contribution < 1.29 is 9.59 Å². The van der Waals surface area contributed by atoms with Crippen LogP contribution in [0.15, 0.2) is 84.9 Å². The van der Waals surface area contributed by atoms with E-state index in [2.05, 4.69) is 36.5 Å². The molecule has 3 rings (SSSR count). The topological polar surface area (TPSA) is 49.4 Å². The summed E-state index contributed by atoms with van der Waals surface area (Å²) in [6, 6.07) is 27.6. The fourth-order valence-corrected chi connectivity index (χ4v) is 4.52. The van der Waals surface area contributed by atoms with Gasteiger partial charge in [-0.25, -0.2) is 0 Å². The summed E-state index contributed by atoms with van der Waals surface area (Å²) in [5.74, 6) is 0.943. The molecule has 33 heavy (non-hydrogen) atoms. The molecule has 2 amide bonds. The van der Waals surface area contributed by atoms with E-state index in [4.69, 9.17) is 0 Å². The van der Waals surface area contributed by atoms with Gasteiger partial charge in [0.05, 0.1) is 5.75 Å². The zero-order valence-electron chi connectivity index (χ0n) is 19.4. The summed E-state index contributed by atoms with van der Waals surface area (Å²) >= 11 is 1.59. The number of thioether (sulfide) groups is 1. The Labute approximate surface area is 201 Å². The standard InChI is InChI=1S/C28H32N2O2S/c1-3-29-28(32)26(18-23-10-6-4-7-11-23)30(19-24-12-8-5-9-13-24)27(31)21-33-20-25-16-14-22(2)15-17-25/h4-17,26H,3,18-21H2,1-2H3,(H,29,32). The lowest BCUT2D eigenvalue weighted by atomic mass is 10.0. The van der Waals surface area contributed by atoms with Gasteiger partial charge < -0.3 is 10.2 Å². The van der Waals surface area contributed by atoms with Crippen molar-refractivity contribution in [3.63, 3.8) is 0 Å². The highest BCUT2D eigenvalue weighted by atomic mass is 32.2. The molecule has 0 bridgehead atoms. The molecule has 0 aliphatic carbocycles. The van der Waals surface area contributed by atoms with E-state index in [9.17, 15) is 9.59 Å². The third-order valence-corrected chi connectivity index (χ3v) is 6.42. The number of carbonyl (C=O) groups is 2. The van der Waals surface area contributed by atoms with Crippen LogP contribution in [0.3, 0.4) is 0 Å². The van der Waals surface area contributed by atoms with E-state index < -0.39 is 6.04 Å². The molecule has 0 aromatic heterocycles. The largest absolute Gasteiger partial charge is 0.355 e. The molecule has 3 aromatic rings. The molecule has 0 saturated heterocycles. The van der Waals surface area contributed by atoms with E-state index in [1.807, 2.05) is 67.6 Å². The maximum absolute atomic E-state index is 13.5. The number of aryl methyl sites for hydroxylation is 1. The van der Waals surface area contributed by atoms with E-state index in [0.717, 1.165) is 16.9 Å². The van der Waals surface area contributed by atoms with Crippen molar-refractivity contribution in [3.8, 4) is 0 Å².